The molecule has 1 saturated carbocycles. The molecule has 2 nitrogen and oxygen atoms in total. The van der Waals surface area contributed by atoms with Gasteiger partial charge < -0.3 is 10.6 Å². The SMILES string of the molecule is CCC1(CNCCC2CC2)CCCN1. The predicted molar refractivity (Wildman–Crippen MR) is 60.5 cm³/mol. The maximum absolute atomic E-state index is 3.66. The molecular weight excluding hydrogens is 172 g/mol. The van der Waals surface area contributed by atoms with Crippen molar-refractivity contribution in [3.05, 3.63) is 0 Å². The molecule has 0 aromatic heterocycles. The van der Waals surface area contributed by atoms with Crippen LogP contribution in [0.3, 0.4) is 0 Å². The molecule has 0 aromatic carbocycles. The Morgan fingerprint density at radius 1 is 1.43 bits per heavy atom. The molecule has 2 N–H and O–H groups in total. The Kier molecular flexibility index (Phi) is 3.45. The molecular formula is C12H24N2. The van der Waals surface area contributed by atoms with Crippen molar-refractivity contribution in [2.24, 2.45) is 5.92 Å². The second-order valence-electron chi connectivity index (χ2n) is 5.07. The summed E-state index contributed by atoms with van der Waals surface area (Å²) in [5.41, 5.74) is 0.434. The van der Waals surface area contributed by atoms with Crippen LogP contribution in [-0.2, 0) is 0 Å². The van der Waals surface area contributed by atoms with Crippen molar-refractivity contribution in [3.8, 4) is 0 Å². The predicted octanol–water partition coefficient (Wildman–Crippen LogP) is 1.91. The van der Waals surface area contributed by atoms with E-state index >= 15 is 0 Å². The zero-order valence-electron chi connectivity index (χ0n) is 9.44. The van der Waals surface area contributed by atoms with Crippen molar-refractivity contribution in [1.82, 2.24) is 10.6 Å². The van der Waals surface area contributed by atoms with E-state index in [-0.39, 0.29) is 0 Å². The van der Waals surface area contributed by atoms with Crippen LogP contribution in [0, 0.1) is 5.92 Å². The van der Waals surface area contributed by atoms with Crippen LogP contribution in [-0.4, -0.2) is 25.2 Å². The van der Waals surface area contributed by atoms with E-state index in [9.17, 15) is 0 Å². The van der Waals surface area contributed by atoms with E-state index in [1.54, 1.807) is 0 Å². The van der Waals surface area contributed by atoms with Crippen LogP contribution in [0.2, 0.25) is 0 Å². The first-order chi connectivity index (χ1) is 6.85. The summed E-state index contributed by atoms with van der Waals surface area (Å²) in [5, 5.41) is 7.29. The van der Waals surface area contributed by atoms with Crippen molar-refractivity contribution >= 4 is 0 Å². The lowest BCUT2D eigenvalue weighted by Gasteiger charge is -2.28. The van der Waals surface area contributed by atoms with E-state index in [1.165, 1.54) is 58.2 Å². The monoisotopic (exact) mass is 196 g/mol. The molecule has 2 fully saturated rings. The van der Waals surface area contributed by atoms with Crippen molar-refractivity contribution < 1.29 is 0 Å². The van der Waals surface area contributed by atoms with Gasteiger partial charge in [-0.2, -0.15) is 0 Å². The van der Waals surface area contributed by atoms with Crippen LogP contribution in [0.1, 0.15) is 45.4 Å². The molecule has 0 spiro atoms. The third-order valence-electron chi connectivity index (χ3n) is 3.90. The van der Waals surface area contributed by atoms with Gasteiger partial charge in [-0.1, -0.05) is 19.8 Å². The van der Waals surface area contributed by atoms with Crippen LogP contribution >= 0.6 is 0 Å². The summed E-state index contributed by atoms with van der Waals surface area (Å²) in [6, 6.07) is 0. The van der Waals surface area contributed by atoms with E-state index in [2.05, 4.69) is 17.6 Å². The fourth-order valence-electron chi connectivity index (χ4n) is 2.49. The Morgan fingerprint density at radius 3 is 2.86 bits per heavy atom. The quantitative estimate of drug-likeness (QED) is 0.634. The molecule has 1 unspecified atom stereocenters. The van der Waals surface area contributed by atoms with Gasteiger partial charge in [-0.3, -0.25) is 0 Å². The number of hydrogen-bond acceptors (Lipinski definition) is 2. The molecule has 2 aliphatic rings. The van der Waals surface area contributed by atoms with Gasteiger partial charge in [0.15, 0.2) is 0 Å². The van der Waals surface area contributed by atoms with Gasteiger partial charge in [0, 0.05) is 12.1 Å². The van der Waals surface area contributed by atoms with Gasteiger partial charge in [0.1, 0.15) is 0 Å². The van der Waals surface area contributed by atoms with Gasteiger partial charge in [0.2, 0.25) is 0 Å². The Labute approximate surface area is 87.8 Å². The van der Waals surface area contributed by atoms with Gasteiger partial charge in [-0.25, -0.2) is 0 Å². The molecule has 2 rings (SSSR count). The van der Waals surface area contributed by atoms with E-state index < -0.39 is 0 Å². The minimum Gasteiger partial charge on any atom is -0.315 e. The summed E-state index contributed by atoms with van der Waals surface area (Å²) < 4.78 is 0. The smallest absolute Gasteiger partial charge is 0.0304 e. The fraction of sp³-hybridized carbons (Fsp3) is 1.00. The minimum atomic E-state index is 0.434. The number of nitrogens with one attached hydrogen (secondary N) is 2. The maximum atomic E-state index is 3.66. The Hall–Kier alpha value is -0.0800. The lowest BCUT2D eigenvalue weighted by atomic mass is 9.94. The van der Waals surface area contributed by atoms with Crippen LogP contribution in [0.4, 0.5) is 0 Å². The van der Waals surface area contributed by atoms with Gasteiger partial charge >= 0.3 is 0 Å². The molecule has 1 heterocycles. The second-order valence-corrected chi connectivity index (χ2v) is 5.07. The highest BCUT2D eigenvalue weighted by molar-refractivity contribution is 4.93. The highest BCUT2D eigenvalue weighted by atomic mass is 15.1. The fourth-order valence-corrected chi connectivity index (χ4v) is 2.49. The molecule has 14 heavy (non-hydrogen) atoms. The Morgan fingerprint density at radius 2 is 2.29 bits per heavy atom. The van der Waals surface area contributed by atoms with Crippen molar-refractivity contribution in [3.63, 3.8) is 0 Å². The largest absolute Gasteiger partial charge is 0.315 e. The van der Waals surface area contributed by atoms with Gasteiger partial charge in [0.25, 0.3) is 0 Å². The molecule has 1 saturated heterocycles. The van der Waals surface area contributed by atoms with Crippen LogP contribution in [0.25, 0.3) is 0 Å². The minimum absolute atomic E-state index is 0.434. The second kappa shape index (κ2) is 4.63. The zero-order valence-corrected chi connectivity index (χ0v) is 9.44. The normalized spacial score (nSPS) is 32.4. The van der Waals surface area contributed by atoms with Crippen molar-refractivity contribution in [2.45, 2.75) is 51.0 Å². The lowest BCUT2D eigenvalue weighted by molar-refractivity contribution is 0.339. The molecule has 0 radical (unpaired) electrons. The highest BCUT2D eigenvalue weighted by Crippen LogP contribution is 2.31. The summed E-state index contributed by atoms with van der Waals surface area (Å²) in [7, 11) is 0. The van der Waals surface area contributed by atoms with E-state index in [4.69, 9.17) is 0 Å². The molecule has 1 atom stereocenters. The van der Waals surface area contributed by atoms with Gasteiger partial charge in [0.05, 0.1) is 0 Å². The molecule has 0 bridgehead atoms. The van der Waals surface area contributed by atoms with Crippen LogP contribution < -0.4 is 10.6 Å². The number of hydrogen-bond donors (Lipinski definition) is 2. The summed E-state index contributed by atoms with van der Waals surface area (Å²) >= 11 is 0. The third-order valence-corrected chi connectivity index (χ3v) is 3.90. The highest BCUT2D eigenvalue weighted by Gasteiger charge is 2.30. The summed E-state index contributed by atoms with van der Waals surface area (Å²) in [6.45, 7) is 5.93. The standard InChI is InChI=1S/C12H24N2/c1-2-12(7-3-8-14-12)10-13-9-6-11-4-5-11/h11,13-14H,2-10H2,1H3. The average molecular weight is 196 g/mol. The first-order valence-corrected chi connectivity index (χ1v) is 6.30. The lowest BCUT2D eigenvalue weighted by Crippen LogP contribution is -2.48. The molecule has 0 amide bonds. The van der Waals surface area contributed by atoms with E-state index in [1.807, 2.05) is 0 Å². The van der Waals surface area contributed by atoms with Crippen LogP contribution in [0.15, 0.2) is 0 Å². The van der Waals surface area contributed by atoms with E-state index in [0.29, 0.717) is 5.54 Å². The third kappa shape index (κ3) is 2.71. The van der Waals surface area contributed by atoms with Gasteiger partial charge in [-0.05, 0) is 44.7 Å². The molecule has 1 aliphatic heterocycles. The van der Waals surface area contributed by atoms with Crippen LogP contribution in [0.5, 0.6) is 0 Å². The number of rotatable bonds is 6. The zero-order chi connectivity index (χ0) is 9.86. The van der Waals surface area contributed by atoms with Gasteiger partial charge in [-0.15, -0.1) is 0 Å². The first kappa shape index (κ1) is 10.4. The molecule has 2 heteroatoms. The first-order valence-electron chi connectivity index (χ1n) is 6.30. The maximum Gasteiger partial charge on any atom is 0.0304 e. The van der Waals surface area contributed by atoms with Crippen molar-refractivity contribution in [1.29, 1.82) is 0 Å². The van der Waals surface area contributed by atoms with E-state index in [0.717, 1.165) is 5.92 Å². The summed E-state index contributed by atoms with van der Waals surface area (Å²) in [6.07, 6.45) is 8.36. The summed E-state index contributed by atoms with van der Waals surface area (Å²) in [4.78, 5) is 0. The topological polar surface area (TPSA) is 24.1 Å². The Balaban J connectivity index is 1.61. The Bertz CT molecular complexity index is 169. The average Bonchev–Trinajstić information content (AvgIpc) is 2.92. The van der Waals surface area contributed by atoms with Crippen molar-refractivity contribution in [2.75, 3.05) is 19.6 Å². The molecule has 82 valence electrons. The molecule has 0 aromatic rings. The molecule has 1 aliphatic carbocycles. The summed E-state index contributed by atoms with van der Waals surface area (Å²) in [5.74, 6) is 1.07.